The van der Waals surface area contributed by atoms with Crippen LogP contribution in [0.5, 0.6) is 0 Å². The fraction of sp³-hybridized carbons (Fsp3) is 0.375. The Morgan fingerprint density at radius 3 is 2.71 bits per heavy atom. The largest absolute Gasteiger partial charge is 0.339 e. The number of para-hydroxylation sites is 1. The Kier molecular flexibility index (Phi) is 3.75. The smallest absolute Gasteiger partial charge is 0.152 e. The monoisotopic (exact) mass is 283 g/mol. The Hall–Kier alpha value is -2.14. The Morgan fingerprint density at radius 1 is 1.19 bits per heavy atom. The number of rotatable bonds is 5. The highest BCUT2D eigenvalue weighted by molar-refractivity contribution is 5.84. The maximum Gasteiger partial charge on any atom is 0.152 e. The number of hydrogen-bond donors (Lipinski definition) is 1. The molecule has 0 fully saturated rings. The maximum atomic E-state index is 4.27. The molecule has 1 N–H and O–H groups in total. The lowest BCUT2D eigenvalue weighted by molar-refractivity contribution is 0.696. The van der Waals surface area contributed by atoms with Gasteiger partial charge in [-0.3, -0.25) is 0 Å². The second kappa shape index (κ2) is 5.69. The Bertz CT molecular complexity index is 753. The van der Waals surface area contributed by atoms with Gasteiger partial charge in [-0.2, -0.15) is 0 Å². The normalized spacial score (nSPS) is 11.4. The van der Waals surface area contributed by atoms with Crippen molar-refractivity contribution in [2.45, 2.75) is 26.9 Å². The van der Waals surface area contributed by atoms with E-state index in [1.54, 1.807) is 0 Å². The zero-order valence-corrected chi connectivity index (χ0v) is 12.8. The summed E-state index contributed by atoms with van der Waals surface area (Å²) in [5.41, 5.74) is 2.57. The van der Waals surface area contributed by atoms with Crippen LogP contribution in [-0.4, -0.2) is 25.9 Å². The average molecular weight is 283 g/mol. The molecule has 1 aromatic carbocycles. The first-order valence-corrected chi connectivity index (χ1v) is 7.33. The van der Waals surface area contributed by atoms with E-state index in [0.29, 0.717) is 0 Å². The van der Waals surface area contributed by atoms with Gasteiger partial charge in [0.05, 0.1) is 6.54 Å². The molecule has 0 bridgehead atoms. The van der Waals surface area contributed by atoms with Crippen LogP contribution in [-0.2, 0) is 20.1 Å². The van der Waals surface area contributed by atoms with E-state index in [4.69, 9.17) is 0 Å². The fourth-order valence-corrected chi connectivity index (χ4v) is 2.60. The number of benzene rings is 1. The second-order valence-corrected chi connectivity index (χ2v) is 5.30. The van der Waals surface area contributed by atoms with Crippen molar-refractivity contribution < 1.29 is 0 Å². The third-order valence-corrected chi connectivity index (χ3v) is 3.93. The predicted molar refractivity (Wildman–Crippen MR) is 84.2 cm³/mol. The van der Waals surface area contributed by atoms with Crippen molar-refractivity contribution in [2.75, 3.05) is 6.54 Å². The minimum Gasteiger partial charge on any atom is -0.339 e. The Labute approximate surface area is 124 Å². The molecule has 2 heterocycles. The van der Waals surface area contributed by atoms with Crippen LogP contribution < -0.4 is 5.32 Å². The molecule has 0 aliphatic heterocycles. The molecule has 0 aliphatic carbocycles. The van der Waals surface area contributed by atoms with E-state index in [2.05, 4.69) is 57.5 Å². The van der Waals surface area contributed by atoms with Crippen molar-refractivity contribution in [3.63, 3.8) is 0 Å². The first kappa shape index (κ1) is 13.8. The van der Waals surface area contributed by atoms with Gasteiger partial charge >= 0.3 is 0 Å². The van der Waals surface area contributed by atoms with E-state index >= 15 is 0 Å². The Balaban J connectivity index is 2.00. The maximum absolute atomic E-state index is 4.27. The summed E-state index contributed by atoms with van der Waals surface area (Å²) in [6, 6.07) is 8.51. The summed E-state index contributed by atoms with van der Waals surface area (Å²) >= 11 is 0. The van der Waals surface area contributed by atoms with Crippen LogP contribution in [0.25, 0.3) is 10.9 Å². The molecule has 0 saturated heterocycles. The fourth-order valence-electron chi connectivity index (χ4n) is 2.60. The lowest BCUT2D eigenvalue weighted by Gasteiger charge is -2.05. The third-order valence-electron chi connectivity index (χ3n) is 3.93. The first-order valence-electron chi connectivity index (χ1n) is 7.33. The van der Waals surface area contributed by atoms with Crippen molar-refractivity contribution in [3.05, 3.63) is 47.7 Å². The first-order chi connectivity index (χ1) is 10.2. The van der Waals surface area contributed by atoms with Gasteiger partial charge in [0.1, 0.15) is 5.82 Å². The summed E-state index contributed by atoms with van der Waals surface area (Å²) in [5.74, 6) is 1.91. The van der Waals surface area contributed by atoms with Crippen molar-refractivity contribution in [1.29, 1.82) is 0 Å². The van der Waals surface area contributed by atoms with Gasteiger partial charge in [-0.1, -0.05) is 25.1 Å². The zero-order valence-electron chi connectivity index (χ0n) is 12.8. The SMILES string of the molecule is CCNCc1cn(Cc2nnc(C)n2C)c2ccccc12. The van der Waals surface area contributed by atoms with Crippen molar-refractivity contribution >= 4 is 10.9 Å². The lowest BCUT2D eigenvalue weighted by Crippen LogP contribution is -2.11. The summed E-state index contributed by atoms with van der Waals surface area (Å²) in [4.78, 5) is 0. The van der Waals surface area contributed by atoms with E-state index < -0.39 is 0 Å². The second-order valence-electron chi connectivity index (χ2n) is 5.30. The number of hydrogen-bond acceptors (Lipinski definition) is 3. The van der Waals surface area contributed by atoms with Crippen LogP contribution in [0, 0.1) is 6.92 Å². The van der Waals surface area contributed by atoms with Crippen molar-refractivity contribution in [1.82, 2.24) is 24.6 Å². The molecule has 0 unspecified atom stereocenters. The van der Waals surface area contributed by atoms with Gasteiger partial charge in [-0.05, 0) is 25.1 Å². The number of aromatic nitrogens is 4. The minimum absolute atomic E-state index is 0.740. The molecule has 21 heavy (non-hydrogen) atoms. The highest BCUT2D eigenvalue weighted by Gasteiger charge is 2.11. The molecule has 0 aliphatic rings. The molecule has 5 nitrogen and oxygen atoms in total. The molecular formula is C16H21N5. The van der Waals surface area contributed by atoms with E-state index in [0.717, 1.165) is 31.3 Å². The van der Waals surface area contributed by atoms with Crippen LogP contribution in [0.1, 0.15) is 24.1 Å². The Morgan fingerprint density at radius 2 is 2.00 bits per heavy atom. The molecular weight excluding hydrogens is 262 g/mol. The van der Waals surface area contributed by atoms with Gasteiger partial charge in [-0.25, -0.2) is 0 Å². The van der Waals surface area contributed by atoms with Crippen LogP contribution >= 0.6 is 0 Å². The van der Waals surface area contributed by atoms with Gasteiger partial charge in [0.2, 0.25) is 0 Å². The van der Waals surface area contributed by atoms with Crippen LogP contribution in [0.2, 0.25) is 0 Å². The van der Waals surface area contributed by atoms with Gasteiger partial charge in [0.25, 0.3) is 0 Å². The van der Waals surface area contributed by atoms with Crippen molar-refractivity contribution in [3.8, 4) is 0 Å². The molecule has 2 aromatic heterocycles. The van der Waals surface area contributed by atoms with E-state index in [9.17, 15) is 0 Å². The van der Waals surface area contributed by atoms with Gasteiger partial charge in [0.15, 0.2) is 5.82 Å². The summed E-state index contributed by atoms with van der Waals surface area (Å²) in [6.45, 7) is 6.70. The van der Waals surface area contributed by atoms with Crippen LogP contribution in [0.15, 0.2) is 30.5 Å². The van der Waals surface area contributed by atoms with E-state index in [1.807, 2.05) is 18.5 Å². The molecule has 0 spiro atoms. The van der Waals surface area contributed by atoms with Crippen LogP contribution in [0.4, 0.5) is 0 Å². The lowest BCUT2D eigenvalue weighted by atomic mass is 10.2. The molecule has 0 saturated carbocycles. The number of nitrogens with zero attached hydrogens (tertiary/aromatic N) is 4. The molecule has 3 aromatic rings. The summed E-state index contributed by atoms with van der Waals surface area (Å²) in [5, 5.41) is 13.1. The number of aryl methyl sites for hydroxylation is 1. The van der Waals surface area contributed by atoms with Crippen LogP contribution in [0.3, 0.4) is 0 Å². The minimum atomic E-state index is 0.740. The number of nitrogens with one attached hydrogen (secondary N) is 1. The highest BCUT2D eigenvalue weighted by atomic mass is 15.3. The molecule has 110 valence electrons. The molecule has 0 atom stereocenters. The molecule has 0 amide bonds. The highest BCUT2D eigenvalue weighted by Crippen LogP contribution is 2.22. The van der Waals surface area contributed by atoms with Gasteiger partial charge < -0.3 is 14.5 Å². The van der Waals surface area contributed by atoms with E-state index in [-0.39, 0.29) is 0 Å². The quantitative estimate of drug-likeness (QED) is 0.781. The standard InChI is InChI=1S/C16H21N5/c1-4-17-9-13-10-21(15-8-6-5-7-14(13)15)11-16-19-18-12(2)20(16)3/h5-8,10,17H,4,9,11H2,1-3H3. The summed E-state index contributed by atoms with van der Waals surface area (Å²) in [7, 11) is 2.01. The summed E-state index contributed by atoms with van der Waals surface area (Å²) in [6.07, 6.45) is 2.22. The molecule has 0 radical (unpaired) electrons. The zero-order chi connectivity index (χ0) is 14.8. The predicted octanol–water partition coefficient (Wildman–Crippen LogP) is 2.24. The molecule has 5 heteroatoms. The average Bonchev–Trinajstić information content (AvgIpc) is 3.01. The topological polar surface area (TPSA) is 47.7 Å². The van der Waals surface area contributed by atoms with Crippen molar-refractivity contribution in [2.24, 2.45) is 7.05 Å². The number of fused-ring (bicyclic) bond motifs is 1. The van der Waals surface area contributed by atoms with E-state index in [1.165, 1.54) is 16.5 Å². The van der Waals surface area contributed by atoms with Gasteiger partial charge in [0, 0.05) is 30.7 Å². The third kappa shape index (κ3) is 2.56. The van der Waals surface area contributed by atoms with Gasteiger partial charge in [-0.15, -0.1) is 10.2 Å². The summed E-state index contributed by atoms with van der Waals surface area (Å²) < 4.78 is 4.30. The molecule has 3 rings (SSSR count).